The number of aliphatic carboxylic acids is 1. The summed E-state index contributed by atoms with van der Waals surface area (Å²) in [5, 5.41) is 8.63. The van der Waals surface area contributed by atoms with E-state index in [9.17, 15) is 4.79 Å². The van der Waals surface area contributed by atoms with Crippen LogP contribution in [-0.2, 0) is 10.2 Å². The normalized spacial score (nSPS) is 13.5. The molecule has 0 aliphatic rings. The first-order valence-electron chi connectivity index (χ1n) is 5.24. The fraction of sp³-hybridized carbons (Fsp3) is 0.500. The van der Waals surface area contributed by atoms with Crippen LogP contribution < -0.4 is 5.73 Å². The molecule has 1 aromatic heterocycles. The van der Waals surface area contributed by atoms with E-state index in [-0.39, 0.29) is 11.8 Å². The zero-order chi connectivity index (χ0) is 12.3. The Labute approximate surface area is 95.5 Å². The number of carbonyl (C=O) groups is 1. The van der Waals surface area contributed by atoms with Gasteiger partial charge in [0.1, 0.15) is 0 Å². The Hall–Kier alpha value is -1.42. The molecule has 0 aliphatic carbocycles. The molecule has 1 atom stereocenters. The zero-order valence-electron chi connectivity index (χ0n) is 9.90. The van der Waals surface area contributed by atoms with E-state index in [2.05, 4.69) is 25.8 Å². The number of hydrogen-bond donors (Lipinski definition) is 2. The van der Waals surface area contributed by atoms with Gasteiger partial charge >= 0.3 is 5.97 Å². The molecule has 1 heterocycles. The number of carboxylic acid groups (broad SMARTS) is 1. The number of carboxylic acids is 1. The second-order valence-corrected chi connectivity index (χ2v) is 4.93. The van der Waals surface area contributed by atoms with Crippen LogP contribution >= 0.6 is 0 Å². The van der Waals surface area contributed by atoms with Gasteiger partial charge in [0.05, 0.1) is 6.42 Å². The molecule has 0 fully saturated rings. The van der Waals surface area contributed by atoms with E-state index in [0.29, 0.717) is 0 Å². The molecule has 4 heteroatoms. The lowest BCUT2D eigenvalue weighted by Crippen LogP contribution is -2.17. The third kappa shape index (κ3) is 3.31. The Morgan fingerprint density at radius 3 is 2.50 bits per heavy atom. The molecule has 0 aliphatic heterocycles. The van der Waals surface area contributed by atoms with Gasteiger partial charge < -0.3 is 10.8 Å². The smallest absolute Gasteiger partial charge is 0.305 e. The van der Waals surface area contributed by atoms with Crippen molar-refractivity contribution in [3.63, 3.8) is 0 Å². The first-order chi connectivity index (χ1) is 7.30. The highest BCUT2D eigenvalue weighted by molar-refractivity contribution is 5.67. The van der Waals surface area contributed by atoms with Crippen LogP contribution in [0, 0.1) is 0 Å². The van der Waals surface area contributed by atoms with Crippen molar-refractivity contribution in [2.24, 2.45) is 5.73 Å². The predicted octanol–water partition coefficient (Wildman–Crippen LogP) is 1.85. The third-order valence-electron chi connectivity index (χ3n) is 2.38. The highest BCUT2D eigenvalue weighted by Gasteiger charge is 2.16. The van der Waals surface area contributed by atoms with Crippen LogP contribution in [0.4, 0.5) is 0 Å². The lowest BCUT2D eigenvalue weighted by Gasteiger charge is -2.18. The molecule has 1 unspecified atom stereocenters. The van der Waals surface area contributed by atoms with E-state index >= 15 is 0 Å². The molecule has 0 aromatic carbocycles. The van der Waals surface area contributed by atoms with Crippen LogP contribution in [0.5, 0.6) is 0 Å². The Bertz CT molecular complexity index is 366. The molecule has 0 saturated carbocycles. The molecule has 0 bridgehead atoms. The first kappa shape index (κ1) is 12.6. The van der Waals surface area contributed by atoms with Gasteiger partial charge in [0.15, 0.2) is 0 Å². The summed E-state index contributed by atoms with van der Waals surface area (Å²) >= 11 is 0. The average Bonchev–Trinajstić information content (AvgIpc) is 2.15. The third-order valence-corrected chi connectivity index (χ3v) is 2.38. The van der Waals surface area contributed by atoms with Crippen molar-refractivity contribution in [3.8, 4) is 0 Å². The minimum atomic E-state index is -0.896. The van der Waals surface area contributed by atoms with Gasteiger partial charge in [-0.2, -0.15) is 0 Å². The van der Waals surface area contributed by atoms with E-state index in [4.69, 9.17) is 10.8 Å². The number of nitrogens with two attached hydrogens (primary N) is 1. The van der Waals surface area contributed by atoms with Gasteiger partial charge in [-0.15, -0.1) is 0 Å². The maximum absolute atomic E-state index is 10.5. The highest BCUT2D eigenvalue weighted by atomic mass is 16.4. The van der Waals surface area contributed by atoms with Gasteiger partial charge in [-0.1, -0.05) is 26.8 Å². The first-order valence-corrected chi connectivity index (χ1v) is 5.24. The van der Waals surface area contributed by atoms with E-state index in [1.54, 1.807) is 6.20 Å². The number of hydrogen-bond acceptors (Lipinski definition) is 3. The predicted molar refractivity (Wildman–Crippen MR) is 62.1 cm³/mol. The number of rotatable bonds is 3. The average molecular weight is 222 g/mol. The summed E-state index contributed by atoms with van der Waals surface area (Å²) < 4.78 is 0. The van der Waals surface area contributed by atoms with Crippen LogP contribution in [0.15, 0.2) is 18.3 Å². The summed E-state index contributed by atoms with van der Waals surface area (Å²) in [6, 6.07) is 3.26. The summed E-state index contributed by atoms with van der Waals surface area (Å²) in [6.07, 6.45) is 1.59. The topological polar surface area (TPSA) is 76.2 Å². The van der Waals surface area contributed by atoms with Crippen molar-refractivity contribution >= 4 is 5.97 Å². The summed E-state index contributed by atoms with van der Waals surface area (Å²) in [5.74, 6) is -0.896. The molecule has 88 valence electrons. The van der Waals surface area contributed by atoms with E-state index in [0.717, 1.165) is 11.3 Å². The molecule has 0 amide bonds. The van der Waals surface area contributed by atoms with Gasteiger partial charge in [0.2, 0.25) is 0 Å². The molecule has 0 radical (unpaired) electrons. The van der Waals surface area contributed by atoms with E-state index < -0.39 is 12.0 Å². The van der Waals surface area contributed by atoms with Crippen molar-refractivity contribution in [3.05, 3.63) is 29.6 Å². The van der Waals surface area contributed by atoms with Crippen LogP contribution in [0.3, 0.4) is 0 Å². The lowest BCUT2D eigenvalue weighted by atomic mass is 9.91. The Morgan fingerprint density at radius 1 is 1.50 bits per heavy atom. The molecule has 3 N–H and O–H groups in total. The summed E-state index contributed by atoms with van der Waals surface area (Å²) in [7, 11) is 0. The number of pyridine rings is 1. The second-order valence-electron chi connectivity index (χ2n) is 4.93. The lowest BCUT2D eigenvalue weighted by molar-refractivity contribution is -0.137. The zero-order valence-corrected chi connectivity index (χ0v) is 9.90. The molecule has 0 spiro atoms. The van der Waals surface area contributed by atoms with Crippen molar-refractivity contribution < 1.29 is 9.90 Å². The monoisotopic (exact) mass is 222 g/mol. The Balaban J connectivity index is 2.83. The number of aromatic nitrogens is 1. The minimum absolute atomic E-state index is 0.00454. The summed E-state index contributed by atoms with van der Waals surface area (Å²) in [5.41, 5.74) is 7.46. The molecular weight excluding hydrogens is 204 g/mol. The number of nitrogens with zero attached hydrogens (tertiary/aromatic N) is 1. The second kappa shape index (κ2) is 4.61. The quantitative estimate of drug-likeness (QED) is 0.818. The maximum atomic E-state index is 10.5. The van der Waals surface area contributed by atoms with Crippen LogP contribution in [0.2, 0.25) is 0 Å². The van der Waals surface area contributed by atoms with E-state index in [1.807, 2.05) is 12.1 Å². The Morgan fingerprint density at radius 2 is 2.12 bits per heavy atom. The van der Waals surface area contributed by atoms with Gasteiger partial charge in [-0.25, -0.2) is 0 Å². The standard InChI is InChI=1S/C12H18N2O2/c1-12(2,3)10-5-4-8(7-14-10)9(13)6-11(15)16/h4-5,7,9H,6,13H2,1-3H3,(H,15,16). The van der Waals surface area contributed by atoms with Gasteiger partial charge in [0, 0.05) is 23.3 Å². The largest absolute Gasteiger partial charge is 0.481 e. The van der Waals surface area contributed by atoms with Crippen molar-refractivity contribution in [2.75, 3.05) is 0 Å². The molecule has 16 heavy (non-hydrogen) atoms. The minimum Gasteiger partial charge on any atom is -0.481 e. The van der Waals surface area contributed by atoms with E-state index in [1.165, 1.54) is 0 Å². The summed E-state index contributed by atoms with van der Waals surface area (Å²) in [4.78, 5) is 14.8. The van der Waals surface area contributed by atoms with Gasteiger partial charge in [-0.05, 0) is 11.6 Å². The molecular formula is C12H18N2O2. The fourth-order valence-electron chi connectivity index (χ4n) is 1.37. The molecule has 4 nitrogen and oxygen atoms in total. The summed E-state index contributed by atoms with van der Waals surface area (Å²) in [6.45, 7) is 6.23. The van der Waals surface area contributed by atoms with Gasteiger partial charge in [0.25, 0.3) is 0 Å². The van der Waals surface area contributed by atoms with Crippen molar-refractivity contribution in [1.29, 1.82) is 0 Å². The van der Waals surface area contributed by atoms with Gasteiger partial charge in [-0.3, -0.25) is 9.78 Å². The maximum Gasteiger partial charge on any atom is 0.305 e. The molecule has 1 aromatic rings. The van der Waals surface area contributed by atoms with Crippen molar-refractivity contribution in [2.45, 2.75) is 38.6 Å². The van der Waals surface area contributed by atoms with Crippen LogP contribution in [-0.4, -0.2) is 16.1 Å². The van der Waals surface area contributed by atoms with Crippen molar-refractivity contribution in [1.82, 2.24) is 4.98 Å². The fourth-order valence-corrected chi connectivity index (χ4v) is 1.37. The molecule has 0 saturated heterocycles. The highest BCUT2D eigenvalue weighted by Crippen LogP contribution is 2.21. The van der Waals surface area contributed by atoms with Crippen LogP contribution in [0.25, 0.3) is 0 Å². The molecule has 1 rings (SSSR count). The SMILES string of the molecule is CC(C)(C)c1ccc(C(N)CC(=O)O)cn1. The van der Waals surface area contributed by atoms with Crippen LogP contribution in [0.1, 0.15) is 44.5 Å². The Kier molecular flexibility index (Phi) is 3.65.